The second kappa shape index (κ2) is 6.74. The average Bonchev–Trinajstić information content (AvgIpc) is 2.81. The standard InChI is InChI=1S/C15H23N3O3/c1-10(2)18-9-8-13(17-18)14(19)16-12-7-5-3-4-6-11(12)15(20)21/h8-12H,3-7H2,1-2H3,(H,16,19)(H,20,21)/t11-,12+/m1/s1. The first kappa shape index (κ1) is 15.5. The molecule has 0 aliphatic heterocycles. The van der Waals surface area contributed by atoms with E-state index in [9.17, 15) is 14.7 Å². The van der Waals surface area contributed by atoms with Crippen LogP contribution in [0.2, 0.25) is 0 Å². The number of carbonyl (C=O) groups excluding carboxylic acids is 1. The van der Waals surface area contributed by atoms with E-state index in [4.69, 9.17) is 0 Å². The fourth-order valence-corrected chi connectivity index (χ4v) is 2.77. The van der Waals surface area contributed by atoms with Crippen molar-refractivity contribution in [1.29, 1.82) is 0 Å². The van der Waals surface area contributed by atoms with Crippen molar-refractivity contribution in [3.8, 4) is 0 Å². The highest BCUT2D eigenvalue weighted by molar-refractivity contribution is 5.92. The van der Waals surface area contributed by atoms with Crippen LogP contribution in [-0.2, 0) is 4.79 Å². The van der Waals surface area contributed by atoms with Gasteiger partial charge in [-0.05, 0) is 32.8 Å². The number of aliphatic carboxylic acids is 1. The van der Waals surface area contributed by atoms with Crippen LogP contribution >= 0.6 is 0 Å². The van der Waals surface area contributed by atoms with Gasteiger partial charge in [0.2, 0.25) is 0 Å². The number of nitrogens with zero attached hydrogens (tertiary/aromatic N) is 2. The Morgan fingerprint density at radius 1 is 1.33 bits per heavy atom. The average molecular weight is 293 g/mol. The first-order valence-corrected chi connectivity index (χ1v) is 7.58. The number of carboxylic acid groups (broad SMARTS) is 1. The van der Waals surface area contributed by atoms with E-state index in [1.165, 1.54) is 0 Å². The molecule has 6 nitrogen and oxygen atoms in total. The Balaban J connectivity index is 2.06. The molecule has 2 N–H and O–H groups in total. The summed E-state index contributed by atoms with van der Waals surface area (Å²) in [5.74, 6) is -1.61. The first-order chi connectivity index (χ1) is 9.99. The van der Waals surface area contributed by atoms with Crippen LogP contribution in [0, 0.1) is 5.92 Å². The van der Waals surface area contributed by atoms with Crippen LogP contribution in [0.5, 0.6) is 0 Å². The Morgan fingerprint density at radius 3 is 2.67 bits per heavy atom. The molecule has 1 saturated carbocycles. The topological polar surface area (TPSA) is 84.2 Å². The van der Waals surface area contributed by atoms with E-state index in [1.807, 2.05) is 13.8 Å². The van der Waals surface area contributed by atoms with E-state index in [1.54, 1.807) is 16.9 Å². The van der Waals surface area contributed by atoms with Crippen LogP contribution in [0.4, 0.5) is 0 Å². The molecule has 1 aliphatic rings. The van der Waals surface area contributed by atoms with Gasteiger partial charge in [-0.3, -0.25) is 14.3 Å². The summed E-state index contributed by atoms with van der Waals surface area (Å²) in [4.78, 5) is 23.6. The molecule has 0 saturated heterocycles. The summed E-state index contributed by atoms with van der Waals surface area (Å²) >= 11 is 0. The zero-order valence-corrected chi connectivity index (χ0v) is 12.6. The predicted molar refractivity (Wildman–Crippen MR) is 78.1 cm³/mol. The first-order valence-electron chi connectivity index (χ1n) is 7.58. The van der Waals surface area contributed by atoms with Crippen LogP contribution in [0.25, 0.3) is 0 Å². The zero-order chi connectivity index (χ0) is 15.4. The maximum atomic E-state index is 12.2. The Morgan fingerprint density at radius 2 is 2.05 bits per heavy atom. The summed E-state index contributed by atoms with van der Waals surface area (Å²) in [5.41, 5.74) is 0.345. The van der Waals surface area contributed by atoms with Crippen molar-refractivity contribution >= 4 is 11.9 Å². The molecule has 2 rings (SSSR count). The Bertz CT molecular complexity index is 510. The van der Waals surface area contributed by atoms with Crippen molar-refractivity contribution in [2.75, 3.05) is 0 Å². The molecule has 0 bridgehead atoms. The summed E-state index contributed by atoms with van der Waals surface area (Å²) < 4.78 is 1.72. The number of rotatable bonds is 4. The van der Waals surface area contributed by atoms with Gasteiger partial charge in [0.25, 0.3) is 5.91 Å². The van der Waals surface area contributed by atoms with Crippen LogP contribution < -0.4 is 5.32 Å². The molecule has 116 valence electrons. The summed E-state index contributed by atoms with van der Waals surface area (Å²) in [5, 5.41) is 16.4. The molecule has 6 heteroatoms. The quantitative estimate of drug-likeness (QED) is 0.834. The molecule has 1 heterocycles. The van der Waals surface area contributed by atoms with Gasteiger partial charge in [-0.25, -0.2) is 0 Å². The fourth-order valence-electron chi connectivity index (χ4n) is 2.77. The minimum Gasteiger partial charge on any atom is -0.481 e. The highest BCUT2D eigenvalue weighted by Gasteiger charge is 2.31. The van der Waals surface area contributed by atoms with E-state index >= 15 is 0 Å². The number of hydrogen-bond donors (Lipinski definition) is 2. The monoisotopic (exact) mass is 293 g/mol. The third-order valence-corrected chi connectivity index (χ3v) is 4.02. The van der Waals surface area contributed by atoms with Crippen LogP contribution in [0.3, 0.4) is 0 Å². The van der Waals surface area contributed by atoms with Gasteiger partial charge in [0.15, 0.2) is 0 Å². The van der Waals surface area contributed by atoms with E-state index in [0.717, 1.165) is 19.3 Å². The highest BCUT2D eigenvalue weighted by Crippen LogP contribution is 2.24. The molecule has 21 heavy (non-hydrogen) atoms. The van der Waals surface area contributed by atoms with Crippen LogP contribution in [-0.4, -0.2) is 32.8 Å². The van der Waals surface area contributed by atoms with E-state index in [0.29, 0.717) is 18.5 Å². The maximum Gasteiger partial charge on any atom is 0.308 e. The van der Waals surface area contributed by atoms with Crippen molar-refractivity contribution < 1.29 is 14.7 Å². The molecule has 1 aliphatic carbocycles. The number of carboxylic acids is 1. The number of amides is 1. The summed E-state index contributed by atoms with van der Waals surface area (Å²) in [6.07, 6.45) is 5.99. The molecule has 0 unspecified atom stereocenters. The van der Waals surface area contributed by atoms with Gasteiger partial charge in [-0.2, -0.15) is 5.10 Å². The van der Waals surface area contributed by atoms with Gasteiger partial charge in [0.05, 0.1) is 5.92 Å². The SMILES string of the molecule is CC(C)n1ccc(C(=O)N[C@H]2CCCCC[C@H]2C(=O)O)n1. The summed E-state index contributed by atoms with van der Waals surface area (Å²) in [7, 11) is 0. The molecule has 1 amide bonds. The lowest BCUT2D eigenvalue weighted by Gasteiger charge is -2.22. The Hall–Kier alpha value is -1.85. The number of carbonyl (C=O) groups is 2. The fraction of sp³-hybridized carbons (Fsp3) is 0.667. The predicted octanol–water partition coefficient (Wildman–Crippen LogP) is 2.23. The second-order valence-corrected chi connectivity index (χ2v) is 5.94. The van der Waals surface area contributed by atoms with E-state index < -0.39 is 11.9 Å². The normalized spacial score (nSPS) is 22.8. The molecular weight excluding hydrogens is 270 g/mol. The molecule has 1 fully saturated rings. The lowest BCUT2D eigenvalue weighted by Crippen LogP contribution is -2.43. The smallest absolute Gasteiger partial charge is 0.308 e. The maximum absolute atomic E-state index is 12.2. The van der Waals surface area contributed by atoms with Crippen LogP contribution in [0.15, 0.2) is 12.3 Å². The lowest BCUT2D eigenvalue weighted by atomic mass is 9.95. The Kier molecular flexibility index (Phi) is 4.98. The zero-order valence-electron chi connectivity index (χ0n) is 12.6. The van der Waals surface area contributed by atoms with Gasteiger partial charge in [0, 0.05) is 18.3 Å². The third kappa shape index (κ3) is 3.83. The van der Waals surface area contributed by atoms with Gasteiger partial charge in [0.1, 0.15) is 5.69 Å². The van der Waals surface area contributed by atoms with Crippen molar-refractivity contribution in [2.24, 2.45) is 5.92 Å². The van der Waals surface area contributed by atoms with Gasteiger partial charge in [-0.1, -0.05) is 19.3 Å². The molecule has 2 atom stereocenters. The molecular formula is C15H23N3O3. The minimum atomic E-state index is -0.824. The number of nitrogens with one attached hydrogen (secondary N) is 1. The minimum absolute atomic E-state index is 0.191. The lowest BCUT2D eigenvalue weighted by molar-refractivity contribution is -0.142. The number of hydrogen-bond acceptors (Lipinski definition) is 3. The largest absolute Gasteiger partial charge is 0.481 e. The van der Waals surface area contributed by atoms with Crippen molar-refractivity contribution in [2.45, 2.75) is 58.0 Å². The third-order valence-electron chi connectivity index (χ3n) is 4.02. The van der Waals surface area contributed by atoms with Crippen molar-refractivity contribution in [1.82, 2.24) is 15.1 Å². The van der Waals surface area contributed by atoms with Gasteiger partial charge >= 0.3 is 5.97 Å². The van der Waals surface area contributed by atoms with Gasteiger partial charge in [-0.15, -0.1) is 0 Å². The second-order valence-electron chi connectivity index (χ2n) is 5.94. The Labute approximate surface area is 124 Å². The van der Waals surface area contributed by atoms with E-state index in [2.05, 4.69) is 10.4 Å². The van der Waals surface area contributed by atoms with E-state index in [-0.39, 0.29) is 18.0 Å². The molecule has 0 aromatic carbocycles. The summed E-state index contributed by atoms with van der Waals surface area (Å²) in [6.45, 7) is 3.97. The summed E-state index contributed by atoms with van der Waals surface area (Å²) in [6, 6.07) is 1.56. The molecule has 0 radical (unpaired) electrons. The van der Waals surface area contributed by atoms with Crippen molar-refractivity contribution in [3.63, 3.8) is 0 Å². The van der Waals surface area contributed by atoms with Crippen LogP contribution in [0.1, 0.15) is 62.5 Å². The van der Waals surface area contributed by atoms with Crippen molar-refractivity contribution in [3.05, 3.63) is 18.0 Å². The molecule has 1 aromatic rings. The number of aromatic nitrogens is 2. The van der Waals surface area contributed by atoms with Gasteiger partial charge < -0.3 is 10.4 Å². The highest BCUT2D eigenvalue weighted by atomic mass is 16.4. The molecule has 1 aromatic heterocycles. The molecule has 0 spiro atoms.